The molecule has 24 heavy (non-hydrogen) atoms. The fourth-order valence-electron chi connectivity index (χ4n) is 2.62. The minimum absolute atomic E-state index is 0. The van der Waals surface area contributed by atoms with Crippen LogP contribution in [0.3, 0.4) is 0 Å². The molecule has 0 fully saturated rings. The first-order valence-electron chi connectivity index (χ1n) is 10.8. The van der Waals surface area contributed by atoms with E-state index in [1.54, 1.807) is 0 Å². The third-order valence-electron chi connectivity index (χ3n) is 4.46. The van der Waals surface area contributed by atoms with Gasteiger partial charge < -0.3 is 4.90 Å². The van der Waals surface area contributed by atoms with Crippen LogP contribution >= 0.6 is 17.0 Å². The van der Waals surface area contributed by atoms with Crippen LogP contribution in [0.1, 0.15) is 124 Å². The van der Waals surface area contributed by atoms with Gasteiger partial charge in [-0.3, -0.25) is 0 Å². The zero-order valence-electron chi connectivity index (χ0n) is 17.9. The van der Waals surface area contributed by atoms with E-state index < -0.39 is 0 Å². The Morgan fingerprint density at radius 1 is 0.417 bits per heavy atom. The fourth-order valence-corrected chi connectivity index (χ4v) is 2.62. The van der Waals surface area contributed by atoms with Gasteiger partial charge in [-0.2, -0.15) is 0 Å². The van der Waals surface area contributed by atoms with Crippen LogP contribution in [-0.2, 0) is 0 Å². The minimum atomic E-state index is 0. The molecule has 0 aliphatic rings. The van der Waals surface area contributed by atoms with E-state index in [1.165, 1.54) is 109 Å². The number of nitrogens with zero attached hydrogens (tertiary/aromatic N) is 1. The van der Waals surface area contributed by atoms with E-state index in [0.29, 0.717) is 0 Å². The van der Waals surface area contributed by atoms with E-state index in [1.807, 2.05) is 0 Å². The van der Waals surface area contributed by atoms with Crippen LogP contribution in [-0.4, -0.2) is 25.5 Å². The zero-order chi connectivity index (χ0) is 17.6. The Kier molecular flexibility index (Phi) is 34.4. The minimum Gasteiger partial charge on any atom is -0.309 e. The summed E-state index contributed by atoms with van der Waals surface area (Å²) in [7, 11) is 4.34. The maximum Gasteiger partial charge on any atom is -0.00248 e. The van der Waals surface area contributed by atoms with E-state index >= 15 is 0 Å². The molecule has 0 saturated heterocycles. The molecular weight excluding hydrogens is 358 g/mol. The molecule has 0 radical (unpaired) electrons. The van der Waals surface area contributed by atoms with Gasteiger partial charge in [0, 0.05) is 0 Å². The summed E-state index contributed by atoms with van der Waals surface area (Å²) >= 11 is 0. The normalized spacial score (nSPS) is 10.2. The Morgan fingerprint density at radius 2 is 0.708 bits per heavy atom. The van der Waals surface area contributed by atoms with Crippen molar-refractivity contribution in [2.45, 2.75) is 124 Å². The van der Waals surface area contributed by atoms with Crippen LogP contribution in [0, 0.1) is 0 Å². The molecule has 0 unspecified atom stereocenters. The van der Waals surface area contributed by atoms with Gasteiger partial charge in [0.05, 0.1) is 0 Å². The van der Waals surface area contributed by atoms with Crippen molar-refractivity contribution in [3.05, 3.63) is 0 Å². The summed E-state index contributed by atoms with van der Waals surface area (Å²) in [6.07, 6.45) is 23.0. The molecular formula is C22H50BrN. The van der Waals surface area contributed by atoms with E-state index in [4.69, 9.17) is 0 Å². The van der Waals surface area contributed by atoms with Gasteiger partial charge in [0.2, 0.25) is 0 Å². The van der Waals surface area contributed by atoms with Gasteiger partial charge in [-0.1, -0.05) is 117 Å². The lowest BCUT2D eigenvalue weighted by Crippen LogP contribution is -2.12. The molecule has 0 atom stereocenters. The molecule has 0 aromatic rings. The Balaban J connectivity index is -0.000000787. The number of halogens is 1. The lowest BCUT2D eigenvalue weighted by atomic mass is 10.0. The molecule has 0 rings (SSSR count). The van der Waals surface area contributed by atoms with Crippen molar-refractivity contribution in [2.24, 2.45) is 0 Å². The highest BCUT2D eigenvalue weighted by Crippen LogP contribution is 2.12. The highest BCUT2D eigenvalue weighted by atomic mass is 79.9. The van der Waals surface area contributed by atoms with Crippen LogP contribution in [0.5, 0.6) is 0 Å². The van der Waals surface area contributed by atoms with Gasteiger partial charge in [-0.25, -0.2) is 0 Å². The summed E-state index contributed by atoms with van der Waals surface area (Å²) < 4.78 is 0. The van der Waals surface area contributed by atoms with Crippen LogP contribution in [0.2, 0.25) is 0 Å². The molecule has 0 bridgehead atoms. The largest absolute Gasteiger partial charge is 0.309 e. The highest BCUT2D eigenvalue weighted by molar-refractivity contribution is 8.93. The Hall–Kier alpha value is 0.440. The monoisotopic (exact) mass is 407 g/mol. The quantitative estimate of drug-likeness (QED) is 0.232. The number of hydrogen-bond acceptors (Lipinski definition) is 1. The molecule has 1 nitrogen and oxygen atoms in total. The van der Waals surface area contributed by atoms with Crippen molar-refractivity contribution in [1.82, 2.24) is 4.90 Å². The van der Waals surface area contributed by atoms with E-state index in [9.17, 15) is 0 Å². The molecule has 0 aliphatic heterocycles. The summed E-state index contributed by atoms with van der Waals surface area (Å²) in [5, 5.41) is 0. The standard InChI is InChI=1S/C18H39N.C4H10.BrH/c1-4-5-6-7-8-9-10-11-12-13-14-15-16-17-18-19(2)3;1-3-4-2;/h4-18H2,1-3H3;3-4H2,1-2H3;1H. The van der Waals surface area contributed by atoms with E-state index in [0.717, 1.165) is 0 Å². The second kappa shape index (κ2) is 28.3. The van der Waals surface area contributed by atoms with Crippen LogP contribution in [0.4, 0.5) is 0 Å². The molecule has 0 N–H and O–H groups in total. The van der Waals surface area contributed by atoms with Crippen molar-refractivity contribution in [3.63, 3.8) is 0 Å². The zero-order valence-corrected chi connectivity index (χ0v) is 19.6. The Labute approximate surface area is 166 Å². The fraction of sp³-hybridized carbons (Fsp3) is 1.00. The predicted octanol–water partition coefficient (Wildman–Crippen LogP) is 8.41. The summed E-state index contributed by atoms with van der Waals surface area (Å²) in [6.45, 7) is 7.92. The summed E-state index contributed by atoms with van der Waals surface area (Å²) in [6, 6.07) is 0. The van der Waals surface area contributed by atoms with Crippen LogP contribution < -0.4 is 0 Å². The van der Waals surface area contributed by atoms with Crippen molar-refractivity contribution in [3.8, 4) is 0 Å². The van der Waals surface area contributed by atoms with Gasteiger partial charge in [0.25, 0.3) is 0 Å². The number of unbranched alkanes of at least 4 members (excludes halogenated alkanes) is 14. The van der Waals surface area contributed by atoms with Gasteiger partial charge in [-0.15, -0.1) is 17.0 Å². The SMILES string of the molecule is Br.CCCC.CCCCCCCCCCCCCCCCN(C)C. The third kappa shape index (κ3) is 33.9. The van der Waals surface area contributed by atoms with Crippen molar-refractivity contribution < 1.29 is 0 Å². The van der Waals surface area contributed by atoms with Gasteiger partial charge in [0.1, 0.15) is 0 Å². The van der Waals surface area contributed by atoms with E-state index in [2.05, 4.69) is 39.8 Å². The smallest absolute Gasteiger partial charge is 0.00248 e. The average Bonchev–Trinajstić information content (AvgIpc) is 2.55. The lowest BCUT2D eigenvalue weighted by molar-refractivity contribution is 0.389. The van der Waals surface area contributed by atoms with Crippen LogP contribution in [0.25, 0.3) is 0 Å². The number of hydrogen-bond donors (Lipinski definition) is 0. The Morgan fingerprint density at radius 3 is 0.958 bits per heavy atom. The molecule has 0 aromatic carbocycles. The highest BCUT2D eigenvalue weighted by Gasteiger charge is 1.94. The second-order valence-electron chi connectivity index (χ2n) is 7.40. The maximum absolute atomic E-state index is 2.29. The molecule has 0 spiro atoms. The first kappa shape index (κ1) is 29.2. The van der Waals surface area contributed by atoms with Crippen molar-refractivity contribution in [2.75, 3.05) is 20.6 Å². The first-order valence-corrected chi connectivity index (χ1v) is 10.8. The van der Waals surface area contributed by atoms with Crippen molar-refractivity contribution in [1.29, 1.82) is 0 Å². The average molecular weight is 409 g/mol. The predicted molar refractivity (Wildman–Crippen MR) is 120 cm³/mol. The first-order chi connectivity index (χ1) is 11.2. The van der Waals surface area contributed by atoms with Crippen molar-refractivity contribution >= 4 is 17.0 Å². The Bertz CT molecular complexity index is 181. The molecule has 0 heterocycles. The van der Waals surface area contributed by atoms with E-state index in [-0.39, 0.29) is 17.0 Å². The number of rotatable bonds is 16. The van der Waals surface area contributed by atoms with Gasteiger partial charge in [0.15, 0.2) is 0 Å². The summed E-state index contributed by atoms with van der Waals surface area (Å²) in [4.78, 5) is 2.29. The second-order valence-corrected chi connectivity index (χ2v) is 7.40. The molecule has 0 amide bonds. The maximum atomic E-state index is 2.29. The van der Waals surface area contributed by atoms with Gasteiger partial charge >= 0.3 is 0 Å². The van der Waals surface area contributed by atoms with Gasteiger partial charge in [-0.05, 0) is 27.1 Å². The topological polar surface area (TPSA) is 3.24 Å². The molecule has 0 aromatic heterocycles. The third-order valence-corrected chi connectivity index (χ3v) is 4.46. The molecule has 0 aliphatic carbocycles. The van der Waals surface area contributed by atoms with Crippen LogP contribution in [0.15, 0.2) is 0 Å². The molecule has 2 heteroatoms. The molecule has 0 saturated carbocycles. The summed E-state index contributed by atoms with van der Waals surface area (Å²) in [5.74, 6) is 0. The lowest BCUT2D eigenvalue weighted by Gasteiger charge is -2.08. The summed E-state index contributed by atoms with van der Waals surface area (Å²) in [5.41, 5.74) is 0. The molecule has 150 valence electrons.